The van der Waals surface area contributed by atoms with E-state index >= 15 is 0 Å². The number of benzene rings is 7. The van der Waals surface area contributed by atoms with Crippen LogP contribution in [-0.4, -0.2) is 20.2 Å². The summed E-state index contributed by atoms with van der Waals surface area (Å²) in [6.45, 7) is 0. The fraction of sp³-hybridized carbons (Fsp3) is 0.0476. The molecule has 2 aliphatic rings. The number of hydrogen-bond acceptors (Lipinski definition) is 5. The molecule has 0 bridgehead atoms. The average molecular weight is 613 g/mol. The van der Waals surface area contributed by atoms with Gasteiger partial charge in [0.1, 0.15) is 17.1 Å². The summed E-state index contributed by atoms with van der Waals surface area (Å²) in [6, 6.07) is 43.4. The van der Waals surface area contributed by atoms with Gasteiger partial charge in [0.2, 0.25) is 0 Å². The number of methoxy groups -OCH3 is 2. The lowest BCUT2D eigenvalue weighted by Gasteiger charge is -2.22. The van der Waals surface area contributed by atoms with Crippen LogP contribution in [0.15, 0.2) is 143 Å². The highest BCUT2D eigenvalue weighted by Gasteiger charge is 2.26. The predicted molar refractivity (Wildman–Crippen MR) is 188 cm³/mol. The maximum Gasteiger partial charge on any atom is 0.338 e. The quantitative estimate of drug-likeness (QED) is 0.143. The molecule has 6 aromatic rings. The minimum Gasteiger partial charge on any atom is -0.497 e. The topological polar surface area (TPSA) is 65.7 Å². The second-order valence-corrected chi connectivity index (χ2v) is 11.5. The summed E-state index contributed by atoms with van der Waals surface area (Å²) in [5, 5.41) is 4.85. The molecular weight excluding hydrogens is 584 g/mol. The highest BCUT2D eigenvalue weighted by atomic mass is 16.5. The standard InChI is InChI=1S/C42H28O5/c1-45-28-18-20-32-38(22-28)47-37-21-27(43)17-19-31(37)41(32)35-23-33-34(24-36(35)42(44)46-2)40(26-13-7-4-8-14-26)30-16-10-9-15-29(30)39(33)25-11-5-3-6-12-25/h3-24H,1-2H3. The molecule has 0 aromatic heterocycles. The molecule has 6 aromatic carbocycles. The largest absolute Gasteiger partial charge is 0.497 e. The minimum atomic E-state index is -0.466. The van der Waals surface area contributed by atoms with E-state index in [1.807, 2.05) is 54.6 Å². The maximum atomic E-state index is 13.8. The molecule has 0 spiro atoms. The third kappa shape index (κ3) is 4.63. The van der Waals surface area contributed by atoms with Crippen LogP contribution in [0.1, 0.15) is 10.4 Å². The van der Waals surface area contributed by atoms with Crippen LogP contribution in [0.25, 0.3) is 77.2 Å². The van der Waals surface area contributed by atoms with Gasteiger partial charge >= 0.3 is 5.97 Å². The van der Waals surface area contributed by atoms with Gasteiger partial charge in [-0.25, -0.2) is 4.79 Å². The van der Waals surface area contributed by atoms with Gasteiger partial charge in [-0.1, -0.05) is 84.9 Å². The first-order valence-electron chi connectivity index (χ1n) is 15.3. The summed E-state index contributed by atoms with van der Waals surface area (Å²) in [5.41, 5.74) is 7.10. The summed E-state index contributed by atoms with van der Waals surface area (Å²) in [4.78, 5) is 26.4. The second kappa shape index (κ2) is 11.3. The normalized spacial score (nSPS) is 11.4. The van der Waals surface area contributed by atoms with Crippen LogP contribution in [-0.2, 0) is 4.74 Å². The number of esters is 1. The minimum absolute atomic E-state index is 0.175. The molecule has 0 atom stereocenters. The Hall–Kier alpha value is -6.20. The summed E-state index contributed by atoms with van der Waals surface area (Å²) >= 11 is 0. The Morgan fingerprint density at radius 3 is 1.79 bits per heavy atom. The molecule has 1 aliphatic carbocycles. The van der Waals surface area contributed by atoms with Gasteiger partial charge in [-0.15, -0.1) is 0 Å². The summed E-state index contributed by atoms with van der Waals surface area (Å²) in [7, 11) is 2.99. The number of fused-ring (bicyclic) bond motifs is 4. The summed E-state index contributed by atoms with van der Waals surface area (Å²) < 4.78 is 17.2. The third-order valence-corrected chi connectivity index (χ3v) is 8.86. The van der Waals surface area contributed by atoms with Gasteiger partial charge in [0.05, 0.1) is 19.8 Å². The first-order chi connectivity index (χ1) is 23.1. The highest BCUT2D eigenvalue weighted by Crippen LogP contribution is 2.48. The van der Waals surface area contributed by atoms with Gasteiger partial charge in [-0.3, -0.25) is 4.79 Å². The lowest BCUT2D eigenvalue weighted by molar-refractivity contribution is 0.0602. The Balaban J connectivity index is 1.61. The zero-order chi connectivity index (χ0) is 32.1. The van der Waals surface area contributed by atoms with E-state index in [0.717, 1.165) is 54.7 Å². The lowest BCUT2D eigenvalue weighted by Crippen LogP contribution is -2.06. The van der Waals surface area contributed by atoms with E-state index in [9.17, 15) is 9.59 Å². The maximum absolute atomic E-state index is 13.8. The van der Waals surface area contributed by atoms with Crippen molar-refractivity contribution in [1.29, 1.82) is 0 Å². The predicted octanol–water partition coefficient (Wildman–Crippen LogP) is 10.0. The second-order valence-electron chi connectivity index (χ2n) is 11.5. The Morgan fingerprint density at radius 1 is 0.553 bits per heavy atom. The molecule has 0 saturated carbocycles. The van der Waals surface area contributed by atoms with Gasteiger partial charge in [0.15, 0.2) is 5.43 Å². The molecular formula is C42H28O5. The smallest absolute Gasteiger partial charge is 0.338 e. The molecule has 0 fully saturated rings. The van der Waals surface area contributed by atoms with Crippen LogP contribution in [0.2, 0.25) is 0 Å². The first-order valence-corrected chi connectivity index (χ1v) is 15.3. The average Bonchev–Trinajstić information content (AvgIpc) is 3.12. The van der Waals surface area contributed by atoms with Crippen molar-refractivity contribution in [1.82, 2.24) is 0 Å². The Labute approximate surface area is 270 Å². The third-order valence-electron chi connectivity index (χ3n) is 8.86. The summed E-state index contributed by atoms with van der Waals surface area (Å²) in [6.07, 6.45) is 0. The van der Waals surface area contributed by atoms with Crippen LogP contribution >= 0.6 is 0 Å². The van der Waals surface area contributed by atoms with Gasteiger partial charge in [-0.05, 0) is 85.8 Å². The zero-order valence-electron chi connectivity index (χ0n) is 25.7. The van der Waals surface area contributed by atoms with Gasteiger partial charge in [-0.2, -0.15) is 0 Å². The monoisotopic (exact) mass is 612 g/mol. The van der Waals surface area contributed by atoms with Crippen molar-refractivity contribution in [3.05, 3.63) is 149 Å². The van der Waals surface area contributed by atoms with Gasteiger partial charge in [0, 0.05) is 28.6 Å². The molecule has 5 nitrogen and oxygen atoms in total. The van der Waals surface area contributed by atoms with Gasteiger partial charge in [0.25, 0.3) is 0 Å². The number of hydrogen-bond donors (Lipinski definition) is 0. The fourth-order valence-corrected chi connectivity index (χ4v) is 6.81. The van der Waals surface area contributed by atoms with Crippen molar-refractivity contribution in [2.45, 2.75) is 0 Å². The van der Waals surface area contributed by atoms with E-state index in [4.69, 9.17) is 13.9 Å². The molecule has 0 N–H and O–H groups in total. The van der Waals surface area contributed by atoms with E-state index in [0.29, 0.717) is 33.8 Å². The fourth-order valence-electron chi connectivity index (χ4n) is 6.81. The van der Waals surface area contributed by atoms with Crippen LogP contribution in [0.3, 0.4) is 0 Å². The molecule has 0 radical (unpaired) electrons. The van der Waals surface area contributed by atoms with Crippen molar-refractivity contribution >= 4 is 38.5 Å². The van der Waals surface area contributed by atoms with Crippen molar-refractivity contribution in [2.24, 2.45) is 0 Å². The number of carbonyl (C=O) groups excluding carboxylic acids is 1. The highest BCUT2D eigenvalue weighted by molar-refractivity contribution is 6.24. The SMILES string of the molecule is COC(=O)c1cc2c(-c3ccccc3)c3ccccc3c(-c3ccccc3)c2cc1-c1c2ccc(=O)cc-2oc2cc(OC)ccc12. The Bertz CT molecular complexity index is 2510. The summed E-state index contributed by atoms with van der Waals surface area (Å²) in [5.74, 6) is 0.559. The lowest BCUT2D eigenvalue weighted by atomic mass is 9.82. The van der Waals surface area contributed by atoms with E-state index in [2.05, 4.69) is 54.6 Å². The van der Waals surface area contributed by atoms with Crippen LogP contribution < -0.4 is 10.2 Å². The molecule has 0 saturated heterocycles. The van der Waals surface area contributed by atoms with Crippen LogP contribution in [0, 0.1) is 0 Å². The van der Waals surface area contributed by atoms with Crippen molar-refractivity contribution in [3.8, 4) is 50.5 Å². The molecule has 8 rings (SSSR count). The molecule has 1 heterocycles. The molecule has 1 aliphatic heterocycles. The molecule has 226 valence electrons. The molecule has 0 amide bonds. The van der Waals surface area contributed by atoms with E-state index in [1.165, 1.54) is 19.2 Å². The van der Waals surface area contributed by atoms with Crippen molar-refractivity contribution in [3.63, 3.8) is 0 Å². The van der Waals surface area contributed by atoms with Crippen molar-refractivity contribution < 1.29 is 18.7 Å². The number of rotatable bonds is 5. The van der Waals surface area contributed by atoms with Crippen molar-refractivity contribution in [2.75, 3.05) is 14.2 Å². The number of ether oxygens (including phenoxy) is 2. The zero-order valence-corrected chi connectivity index (χ0v) is 25.7. The number of carbonyl (C=O) groups is 1. The van der Waals surface area contributed by atoms with E-state index < -0.39 is 5.97 Å². The molecule has 5 heteroatoms. The van der Waals surface area contributed by atoms with Gasteiger partial charge < -0.3 is 13.9 Å². The molecule has 0 unspecified atom stereocenters. The Morgan fingerprint density at radius 2 is 1.17 bits per heavy atom. The van der Waals surface area contributed by atoms with Crippen LogP contribution in [0.5, 0.6) is 5.75 Å². The van der Waals surface area contributed by atoms with E-state index in [1.54, 1.807) is 19.2 Å². The van der Waals surface area contributed by atoms with E-state index in [-0.39, 0.29) is 5.43 Å². The van der Waals surface area contributed by atoms with Crippen LogP contribution in [0.4, 0.5) is 0 Å². The molecule has 47 heavy (non-hydrogen) atoms. The first kappa shape index (κ1) is 28.3. The Kier molecular flexibility index (Phi) is 6.80.